The summed E-state index contributed by atoms with van der Waals surface area (Å²) in [5.41, 5.74) is 7.33. The lowest BCUT2D eigenvalue weighted by Crippen LogP contribution is -2.47. The number of hydrogen-bond acceptors (Lipinski definition) is 6. The van der Waals surface area contributed by atoms with E-state index in [0.717, 1.165) is 18.8 Å². The van der Waals surface area contributed by atoms with Gasteiger partial charge in [-0.05, 0) is 30.7 Å². The first-order chi connectivity index (χ1) is 13.4. The van der Waals surface area contributed by atoms with Gasteiger partial charge in [-0.2, -0.15) is 0 Å². The molecule has 2 aromatic rings. The highest BCUT2D eigenvalue weighted by molar-refractivity contribution is 5.99. The summed E-state index contributed by atoms with van der Waals surface area (Å²) in [4.78, 5) is 26.7. The largest absolute Gasteiger partial charge is 0.497 e. The predicted molar refractivity (Wildman–Crippen MR) is 107 cm³/mol. The van der Waals surface area contributed by atoms with Crippen molar-refractivity contribution in [2.75, 3.05) is 38.2 Å². The molecule has 0 aliphatic carbocycles. The molecule has 2 N–H and O–H groups in total. The van der Waals surface area contributed by atoms with Crippen LogP contribution in [0.1, 0.15) is 28.9 Å². The zero-order valence-electron chi connectivity index (χ0n) is 16.0. The number of nitrogens with two attached hydrogens (primary N) is 1. The number of non-ortho nitro benzene ring substituents is 1. The van der Waals surface area contributed by atoms with Crippen molar-refractivity contribution < 1.29 is 14.5 Å². The van der Waals surface area contributed by atoms with Gasteiger partial charge in [-0.3, -0.25) is 19.8 Å². The molecule has 1 saturated heterocycles. The van der Waals surface area contributed by atoms with E-state index in [-0.39, 0.29) is 17.3 Å². The number of hydrogen-bond donors (Lipinski definition) is 1. The van der Waals surface area contributed by atoms with E-state index >= 15 is 0 Å². The van der Waals surface area contributed by atoms with Gasteiger partial charge in [-0.25, -0.2) is 0 Å². The number of ether oxygens (including phenoxy) is 1. The Morgan fingerprint density at radius 2 is 1.89 bits per heavy atom. The Bertz CT molecular complexity index is 878. The SMILES string of the molecule is COc1cccc(C(C)N2CCN(c3ccc([N+](=O)[O-])cc3C(N)=O)CC2)c1. The van der Waals surface area contributed by atoms with E-state index in [1.54, 1.807) is 13.2 Å². The number of nitrogens with zero attached hydrogens (tertiary/aromatic N) is 3. The smallest absolute Gasteiger partial charge is 0.270 e. The molecule has 3 rings (SSSR count). The molecule has 8 heteroatoms. The average molecular weight is 384 g/mol. The molecule has 1 amide bonds. The molecule has 0 saturated carbocycles. The molecule has 148 valence electrons. The van der Waals surface area contributed by atoms with Crippen molar-refractivity contribution in [2.24, 2.45) is 5.73 Å². The molecule has 0 spiro atoms. The second-order valence-corrected chi connectivity index (χ2v) is 6.80. The van der Waals surface area contributed by atoms with Gasteiger partial charge in [0, 0.05) is 44.4 Å². The van der Waals surface area contributed by atoms with Crippen molar-refractivity contribution in [3.63, 3.8) is 0 Å². The summed E-state index contributed by atoms with van der Waals surface area (Å²) in [5.74, 6) is 0.172. The van der Waals surface area contributed by atoms with Gasteiger partial charge >= 0.3 is 0 Å². The van der Waals surface area contributed by atoms with E-state index in [0.29, 0.717) is 18.8 Å². The van der Waals surface area contributed by atoms with E-state index in [1.165, 1.54) is 17.7 Å². The molecule has 1 fully saturated rings. The monoisotopic (exact) mass is 384 g/mol. The van der Waals surface area contributed by atoms with Crippen LogP contribution in [0.4, 0.5) is 11.4 Å². The number of primary amides is 1. The lowest BCUT2D eigenvalue weighted by Gasteiger charge is -2.39. The quantitative estimate of drug-likeness (QED) is 0.607. The zero-order valence-corrected chi connectivity index (χ0v) is 16.0. The molecule has 8 nitrogen and oxygen atoms in total. The van der Waals surface area contributed by atoms with Crippen LogP contribution in [0.3, 0.4) is 0 Å². The fraction of sp³-hybridized carbons (Fsp3) is 0.350. The Balaban J connectivity index is 1.73. The predicted octanol–water partition coefficient (Wildman–Crippen LogP) is 2.59. The Hall–Kier alpha value is -3.13. The molecule has 0 radical (unpaired) electrons. The second kappa shape index (κ2) is 8.26. The molecule has 2 aromatic carbocycles. The molecular formula is C20H24N4O4. The molecule has 1 aliphatic heterocycles. The third kappa shape index (κ3) is 4.07. The minimum absolute atomic E-state index is 0.136. The maximum atomic E-state index is 11.8. The number of benzene rings is 2. The summed E-state index contributed by atoms with van der Waals surface area (Å²) in [6.45, 7) is 5.16. The van der Waals surface area contributed by atoms with E-state index in [9.17, 15) is 14.9 Å². The van der Waals surface area contributed by atoms with Crippen LogP contribution in [0, 0.1) is 10.1 Å². The maximum absolute atomic E-state index is 11.8. The molecule has 1 heterocycles. The van der Waals surface area contributed by atoms with Crippen molar-refractivity contribution >= 4 is 17.3 Å². The van der Waals surface area contributed by atoms with Crippen molar-refractivity contribution in [1.82, 2.24) is 4.90 Å². The summed E-state index contributed by atoms with van der Waals surface area (Å²) in [6.07, 6.45) is 0. The van der Waals surface area contributed by atoms with Crippen molar-refractivity contribution in [1.29, 1.82) is 0 Å². The highest BCUT2D eigenvalue weighted by atomic mass is 16.6. The first kappa shape index (κ1) is 19.6. The number of nitro groups is 1. The fourth-order valence-electron chi connectivity index (χ4n) is 3.57. The average Bonchev–Trinajstić information content (AvgIpc) is 2.72. The Kier molecular flexibility index (Phi) is 5.79. The summed E-state index contributed by atoms with van der Waals surface area (Å²) in [5, 5.41) is 11.0. The van der Waals surface area contributed by atoms with E-state index in [2.05, 4.69) is 22.8 Å². The van der Waals surface area contributed by atoms with Gasteiger partial charge in [0.1, 0.15) is 5.75 Å². The van der Waals surface area contributed by atoms with Gasteiger partial charge in [-0.15, -0.1) is 0 Å². The second-order valence-electron chi connectivity index (χ2n) is 6.80. The number of carbonyl (C=O) groups excluding carboxylic acids is 1. The van der Waals surface area contributed by atoms with Gasteiger partial charge in [0.05, 0.1) is 23.3 Å². The first-order valence-corrected chi connectivity index (χ1v) is 9.12. The molecule has 28 heavy (non-hydrogen) atoms. The van der Waals surface area contributed by atoms with Crippen LogP contribution in [-0.2, 0) is 0 Å². The lowest BCUT2D eigenvalue weighted by molar-refractivity contribution is -0.384. The van der Waals surface area contributed by atoms with Crippen LogP contribution in [0.25, 0.3) is 0 Å². The zero-order chi connectivity index (χ0) is 20.3. The van der Waals surface area contributed by atoms with Gasteiger partial charge in [0.2, 0.25) is 0 Å². The summed E-state index contributed by atoms with van der Waals surface area (Å²) < 4.78 is 5.31. The van der Waals surface area contributed by atoms with Crippen LogP contribution in [0.5, 0.6) is 5.75 Å². The van der Waals surface area contributed by atoms with Crippen LogP contribution >= 0.6 is 0 Å². The first-order valence-electron chi connectivity index (χ1n) is 9.12. The number of anilines is 1. The van der Waals surface area contributed by atoms with E-state index in [4.69, 9.17) is 10.5 Å². The van der Waals surface area contributed by atoms with Crippen molar-refractivity contribution in [3.05, 3.63) is 63.7 Å². The van der Waals surface area contributed by atoms with Gasteiger partial charge < -0.3 is 15.4 Å². The third-order valence-electron chi connectivity index (χ3n) is 5.24. The Labute approximate surface area is 163 Å². The highest BCUT2D eigenvalue weighted by Gasteiger charge is 2.25. The molecular weight excluding hydrogens is 360 g/mol. The van der Waals surface area contributed by atoms with E-state index in [1.807, 2.05) is 18.2 Å². The minimum Gasteiger partial charge on any atom is -0.497 e. The number of methoxy groups -OCH3 is 1. The van der Waals surface area contributed by atoms with Crippen molar-refractivity contribution in [2.45, 2.75) is 13.0 Å². The van der Waals surface area contributed by atoms with Gasteiger partial charge in [0.25, 0.3) is 11.6 Å². The number of carbonyl (C=O) groups is 1. The summed E-state index contributed by atoms with van der Waals surface area (Å²) in [6, 6.07) is 12.5. The maximum Gasteiger partial charge on any atom is 0.270 e. The minimum atomic E-state index is -0.661. The topological polar surface area (TPSA) is 102 Å². The molecule has 1 aliphatic rings. The van der Waals surface area contributed by atoms with Crippen LogP contribution in [-0.4, -0.2) is 49.0 Å². The van der Waals surface area contributed by atoms with E-state index < -0.39 is 10.8 Å². The normalized spacial score (nSPS) is 15.9. The Morgan fingerprint density at radius 3 is 2.50 bits per heavy atom. The van der Waals surface area contributed by atoms with Gasteiger partial charge in [-0.1, -0.05) is 12.1 Å². The van der Waals surface area contributed by atoms with Crippen LogP contribution in [0.2, 0.25) is 0 Å². The number of rotatable bonds is 6. The van der Waals surface area contributed by atoms with Crippen LogP contribution in [0.15, 0.2) is 42.5 Å². The van der Waals surface area contributed by atoms with Gasteiger partial charge in [0.15, 0.2) is 0 Å². The summed E-state index contributed by atoms with van der Waals surface area (Å²) >= 11 is 0. The third-order valence-corrected chi connectivity index (χ3v) is 5.24. The molecule has 0 bridgehead atoms. The summed E-state index contributed by atoms with van der Waals surface area (Å²) in [7, 11) is 1.66. The number of piperazine rings is 1. The number of nitro benzene ring substituents is 1. The standard InChI is InChI=1S/C20H24N4O4/c1-14(15-4-3-5-17(12-15)28-2)22-8-10-23(11-9-22)19-7-6-16(24(26)27)13-18(19)20(21)25/h3-7,12-14H,8-11H2,1-2H3,(H2,21,25). The highest BCUT2D eigenvalue weighted by Crippen LogP contribution is 2.29. The number of amides is 1. The van der Waals surface area contributed by atoms with Crippen LogP contribution < -0.4 is 15.4 Å². The molecule has 1 atom stereocenters. The Morgan fingerprint density at radius 1 is 1.18 bits per heavy atom. The van der Waals surface area contributed by atoms with Crippen molar-refractivity contribution in [3.8, 4) is 5.75 Å². The molecule has 0 aromatic heterocycles. The molecule has 1 unspecified atom stereocenters. The fourth-order valence-corrected chi connectivity index (χ4v) is 3.57. The lowest BCUT2D eigenvalue weighted by atomic mass is 10.0.